The normalized spacial score (nSPS) is 26.5. The molecule has 1 aliphatic carbocycles. The van der Waals surface area contributed by atoms with Gasteiger partial charge in [-0.3, -0.25) is 9.59 Å². The van der Waals surface area contributed by atoms with E-state index in [0.717, 1.165) is 5.56 Å². The van der Waals surface area contributed by atoms with Gasteiger partial charge in [0, 0.05) is 24.0 Å². The first-order valence-electron chi connectivity index (χ1n) is 10.1. The minimum Gasteiger partial charge on any atom is -0.496 e. The van der Waals surface area contributed by atoms with E-state index < -0.39 is 17.3 Å². The summed E-state index contributed by atoms with van der Waals surface area (Å²) in [6, 6.07) is 11.2. The third kappa shape index (κ3) is 2.57. The first kappa shape index (κ1) is 19.9. The summed E-state index contributed by atoms with van der Waals surface area (Å²) in [4.78, 5) is 27.7. The van der Waals surface area contributed by atoms with E-state index in [4.69, 9.17) is 30.5 Å². The van der Waals surface area contributed by atoms with Crippen molar-refractivity contribution in [1.29, 1.82) is 0 Å². The molecule has 0 saturated carbocycles. The van der Waals surface area contributed by atoms with Crippen molar-refractivity contribution in [3.8, 4) is 17.2 Å². The van der Waals surface area contributed by atoms with Crippen LogP contribution in [0, 0.1) is 5.92 Å². The standard InChI is InChI=1S/C24H21ClO6/c1-12-9-16-18(14(11-30-16)13-7-5-4-6-8-13)22(26)24(12)23(27)19-15(28-2)10-17(29-3)20(25)21(19)31-24/h4-8,10,12,14H,9,11H2,1-3H3/t12-,14-,24+/m1/s1. The topological polar surface area (TPSA) is 71.1 Å². The van der Waals surface area contributed by atoms with Crippen LogP contribution in [0.25, 0.3) is 0 Å². The number of Topliss-reactive ketones (excluding diaryl/α,β-unsaturated/α-hetero) is 2. The highest BCUT2D eigenvalue weighted by Crippen LogP contribution is 2.55. The fraction of sp³-hybridized carbons (Fsp3) is 0.333. The lowest BCUT2D eigenvalue weighted by Gasteiger charge is -2.36. The number of carbonyl (C=O) groups excluding carboxylic acids is 2. The second kappa shape index (κ2) is 7.02. The van der Waals surface area contributed by atoms with Crippen LogP contribution in [0.2, 0.25) is 5.02 Å². The van der Waals surface area contributed by atoms with E-state index in [0.29, 0.717) is 30.1 Å². The minimum absolute atomic E-state index is 0.127. The van der Waals surface area contributed by atoms with Gasteiger partial charge in [0.05, 0.1) is 26.7 Å². The SMILES string of the molecule is COc1cc(OC)c2c(c1Cl)O[C@@]1(C(=O)C3=C(C[C@H]1C)OC[C@@H]3c1ccccc1)C2=O. The summed E-state index contributed by atoms with van der Waals surface area (Å²) in [6.45, 7) is 2.19. The number of methoxy groups -OCH3 is 2. The summed E-state index contributed by atoms with van der Waals surface area (Å²) < 4.78 is 22.8. The Morgan fingerprint density at radius 1 is 1.06 bits per heavy atom. The van der Waals surface area contributed by atoms with E-state index in [1.807, 2.05) is 37.3 Å². The Kier molecular flexibility index (Phi) is 4.52. The molecule has 3 aliphatic rings. The Morgan fingerprint density at radius 2 is 1.77 bits per heavy atom. The lowest BCUT2D eigenvalue weighted by atomic mass is 9.69. The van der Waals surface area contributed by atoms with Crippen LogP contribution in [0.5, 0.6) is 17.2 Å². The van der Waals surface area contributed by atoms with Crippen molar-refractivity contribution in [1.82, 2.24) is 0 Å². The quantitative estimate of drug-likeness (QED) is 0.661. The number of ether oxygens (including phenoxy) is 4. The molecule has 2 aliphatic heterocycles. The van der Waals surface area contributed by atoms with E-state index in [1.54, 1.807) is 0 Å². The number of allylic oxidation sites excluding steroid dienone is 1. The van der Waals surface area contributed by atoms with Crippen LogP contribution in [0.4, 0.5) is 0 Å². The molecular formula is C24H21ClO6. The van der Waals surface area contributed by atoms with Crippen LogP contribution in [-0.4, -0.2) is 38.0 Å². The van der Waals surface area contributed by atoms with E-state index in [2.05, 4.69) is 0 Å². The fourth-order valence-electron chi connectivity index (χ4n) is 4.86. The lowest BCUT2D eigenvalue weighted by molar-refractivity contribution is -0.130. The molecule has 1 spiro atoms. The molecule has 31 heavy (non-hydrogen) atoms. The maximum atomic E-state index is 14.0. The molecule has 0 amide bonds. The summed E-state index contributed by atoms with van der Waals surface area (Å²) >= 11 is 6.48. The van der Waals surface area contributed by atoms with Crippen molar-refractivity contribution < 1.29 is 28.5 Å². The number of carbonyl (C=O) groups is 2. The molecule has 0 radical (unpaired) electrons. The molecule has 0 fully saturated rings. The molecule has 2 aromatic carbocycles. The number of hydrogen-bond donors (Lipinski definition) is 0. The Balaban J connectivity index is 1.64. The Bertz CT molecular complexity index is 1140. The molecule has 0 N–H and O–H groups in total. The largest absolute Gasteiger partial charge is 0.496 e. The number of hydrogen-bond acceptors (Lipinski definition) is 6. The molecule has 2 heterocycles. The van der Waals surface area contributed by atoms with Gasteiger partial charge in [-0.2, -0.15) is 0 Å². The lowest BCUT2D eigenvalue weighted by Crippen LogP contribution is -2.56. The van der Waals surface area contributed by atoms with E-state index in [9.17, 15) is 9.59 Å². The van der Waals surface area contributed by atoms with Crippen LogP contribution in [0.15, 0.2) is 47.7 Å². The van der Waals surface area contributed by atoms with Gasteiger partial charge in [-0.25, -0.2) is 0 Å². The predicted molar refractivity (Wildman–Crippen MR) is 113 cm³/mol. The molecule has 3 atom stereocenters. The predicted octanol–water partition coefficient (Wildman–Crippen LogP) is 4.35. The maximum absolute atomic E-state index is 14.0. The molecule has 0 unspecified atom stereocenters. The Hall–Kier alpha value is -2.99. The van der Waals surface area contributed by atoms with Crippen molar-refractivity contribution in [3.63, 3.8) is 0 Å². The van der Waals surface area contributed by atoms with Gasteiger partial charge in [-0.1, -0.05) is 48.9 Å². The molecule has 0 aromatic heterocycles. The van der Waals surface area contributed by atoms with Crippen LogP contribution < -0.4 is 14.2 Å². The number of fused-ring (bicyclic) bond motifs is 1. The van der Waals surface area contributed by atoms with Crippen LogP contribution in [-0.2, 0) is 9.53 Å². The number of rotatable bonds is 3. The first-order valence-corrected chi connectivity index (χ1v) is 10.5. The highest BCUT2D eigenvalue weighted by Gasteiger charge is 2.64. The van der Waals surface area contributed by atoms with Crippen molar-refractivity contribution in [3.05, 3.63) is 63.9 Å². The highest BCUT2D eigenvalue weighted by molar-refractivity contribution is 6.36. The van der Waals surface area contributed by atoms with E-state index in [1.165, 1.54) is 20.3 Å². The summed E-state index contributed by atoms with van der Waals surface area (Å²) in [5.41, 5.74) is -0.0587. The summed E-state index contributed by atoms with van der Waals surface area (Å²) in [6.07, 6.45) is 0.418. The van der Waals surface area contributed by atoms with Crippen LogP contribution in [0.1, 0.15) is 35.2 Å². The van der Waals surface area contributed by atoms with Gasteiger partial charge in [0.25, 0.3) is 0 Å². The zero-order chi connectivity index (χ0) is 21.9. The first-order chi connectivity index (χ1) is 14.9. The van der Waals surface area contributed by atoms with Gasteiger partial charge in [0.15, 0.2) is 5.75 Å². The smallest absolute Gasteiger partial charge is 0.236 e. The van der Waals surface area contributed by atoms with Gasteiger partial charge >= 0.3 is 0 Å². The molecule has 6 nitrogen and oxygen atoms in total. The zero-order valence-corrected chi connectivity index (χ0v) is 18.1. The highest BCUT2D eigenvalue weighted by atomic mass is 35.5. The van der Waals surface area contributed by atoms with Crippen LogP contribution >= 0.6 is 11.6 Å². The molecule has 5 rings (SSSR count). The summed E-state index contributed by atoms with van der Waals surface area (Å²) in [5.74, 6) is -0.163. The van der Waals surface area contributed by atoms with Gasteiger partial charge in [-0.15, -0.1) is 0 Å². The molecule has 7 heteroatoms. The molecule has 0 bridgehead atoms. The molecule has 160 valence electrons. The number of ketones is 2. The monoisotopic (exact) mass is 440 g/mol. The van der Waals surface area contributed by atoms with E-state index in [-0.39, 0.29) is 33.8 Å². The summed E-state index contributed by atoms with van der Waals surface area (Å²) in [5, 5.41) is 0.144. The van der Waals surface area contributed by atoms with Gasteiger partial charge < -0.3 is 18.9 Å². The fourth-order valence-corrected chi connectivity index (χ4v) is 5.13. The van der Waals surface area contributed by atoms with Crippen LogP contribution in [0.3, 0.4) is 0 Å². The zero-order valence-electron chi connectivity index (χ0n) is 17.4. The third-order valence-corrected chi connectivity index (χ3v) is 6.82. The van der Waals surface area contributed by atoms with Crippen molar-refractivity contribution in [2.75, 3.05) is 20.8 Å². The third-order valence-electron chi connectivity index (χ3n) is 6.46. The number of halogens is 1. The van der Waals surface area contributed by atoms with Gasteiger partial charge in [0.1, 0.15) is 27.8 Å². The molecule has 2 aromatic rings. The molecule has 0 saturated heterocycles. The van der Waals surface area contributed by atoms with E-state index >= 15 is 0 Å². The number of benzene rings is 2. The minimum atomic E-state index is -1.70. The maximum Gasteiger partial charge on any atom is 0.236 e. The average molecular weight is 441 g/mol. The molecular weight excluding hydrogens is 420 g/mol. The van der Waals surface area contributed by atoms with Crippen molar-refractivity contribution in [2.24, 2.45) is 5.92 Å². The Morgan fingerprint density at radius 3 is 2.45 bits per heavy atom. The van der Waals surface area contributed by atoms with Crippen molar-refractivity contribution in [2.45, 2.75) is 24.9 Å². The van der Waals surface area contributed by atoms with Crippen molar-refractivity contribution >= 4 is 23.2 Å². The van der Waals surface area contributed by atoms with Gasteiger partial charge in [0.2, 0.25) is 17.2 Å². The second-order valence-electron chi connectivity index (χ2n) is 8.01. The average Bonchev–Trinajstić information content (AvgIpc) is 3.34. The Labute approximate surface area is 184 Å². The summed E-state index contributed by atoms with van der Waals surface area (Å²) in [7, 11) is 2.91. The van der Waals surface area contributed by atoms with Gasteiger partial charge in [-0.05, 0) is 5.56 Å². The second-order valence-corrected chi connectivity index (χ2v) is 8.39.